The van der Waals surface area contributed by atoms with E-state index in [1.54, 1.807) is 49.6 Å². The Bertz CT molecular complexity index is 891. The molecular weight excluding hydrogens is 337 g/mol. The lowest BCUT2D eigenvalue weighted by Crippen LogP contribution is -2.11. The molecule has 0 radical (unpaired) electrons. The van der Waals surface area contributed by atoms with Crippen molar-refractivity contribution in [1.29, 1.82) is 0 Å². The Labute approximate surface area is 150 Å². The SMILES string of the molecule is COCc1ccc(C(=O)Nc2cccc(COc3cccc(F)c3)c2)o1. The lowest BCUT2D eigenvalue weighted by Gasteiger charge is -2.08. The number of amides is 1. The van der Waals surface area contributed by atoms with Gasteiger partial charge in [0.05, 0.1) is 0 Å². The van der Waals surface area contributed by atoms with E-state index in [1.807, 2.05) is 6.07 Å². The van der Waals surface area contributed by atoms with Gasteiger partial charge in [-0.05, 0) is 42.0 Å². The van der Waals surface area contributed by atoms with Gasteiger partial charge in [0.1, 0.15) is 30.5 Å². The van der Waals surface area contributed by atoms with Gasteiger partial charge in [0, 0.05) is 18.9 Å². The molecule has 1 amide bonds. The lowest BCUT2D eigenvalue weighted by atomic mass is 10.2. The number of halogens is 1. The van der Waals surface area contributed by atoms with Crippen molar-refractivity contribution in [3.05, 3.63) is 83.6 Å². The van der Waals surface area contributed by atoms with Crippen LogP contribution in [-0.2, 0) is 18.0 Å². The molecule has 3 rings (SSSR count). The van der Waals surface area contributed by atoms with Crippen molar-refractivity contribution >= 4 is 11.6 Å². The van der Waals surface area contributed by atoms with Gasteiger partial charge in [-0.1, -0.05) is 18.2 Å². The Kier molecular flexibility index (Phi) is 5.66. The van der Waals surface area contributed by atoms with Gasteiger partial charge in [-0.25, -0.2) is 4.39 Å². The van der Waals surface area contributed by atoms with Gasteiger partial charge in [-0.15, -0.1) is 0 Å². The standard InChI is InChI=1S/C20H18FNO4/c1-24-13-18-8-9-19(26-18)20(23)22-16-6-2-4-14(10-16)12-25-17-7-3-5-15(21)11-17/h2-11H,12-13H2,1H3,(H,22,23). The van der Waals surface area contributed by atoms with Gasteiger partial charge < -0.3 is 19.2 Å². The average Bonchev–Trinajstić information content (AvgIpc) is 3.10. The molecule has 0 atom stereocenters. The topological polar surface area (TPSA) is 60.7 Å². The highest BCUT2D eigenvalue weighted by Crippen LogP contribution is 2.17. The molecule has 2 aromatic carbocycles. The molecule has 5 nitrogen and oxygen atoms in total. The normalized spacial score (nSPS) is 10.5. The summed E-state index contributed by atoms with van der Waals surface area (Å²) in [5.74, 6) is 0.527. The van der Waals surface area contributed by atoms with E-state index in [2.05, 4.69) is 5.32 Å². The van der Waals surface area contributed by atoms with Gasteiger partial charge in [-0.2, -0.15) is 0 Å². The van der Waals surface area contributed by atoms with E-state index in [1.165, 1.54) is 12.1 Å². The summed E-state index contributed by atoms with van der Waals surface area (Å²) >= 11 is 0. The molecule has 0 saturated carbocycles. The van der Waals surface area contributed by atoms with Gasteiger partial charge in [0.25, 0.3) is 5.91 Å². The number of ether oxygens (including phenoxy) is 2. The Balaban J connectivity index is 1.62. The second-order valence-electron chi connectivity index (χ2n) is 5.60. The number of furan rings is 1. The number of nitrogens with one attached hydrogen (secondary N) is 1. The zero-order chi connectivity index (χ0) is 18.4. The maximum Gasteiger partial charge on any atom is 0.291 e. The van der Waals surface area contributed by atoms with Crippen molar-refractivity contribution in [3.63, 3.8) is 0 Å². The predicted molar refractivity (Wildman–Crippen MR) is 94.5 cm³/mol. The van der Waals surface area contributed by atoms with Crippen molar-refractivity contribution in [2.24, 2.45) is 0 Å². The van der Waals surface area contributed by atoms with Crippen LogP contribution in [-0.4, -0.2) is 13.0 Å². The predicted octanol–water partition coefficient (Wildman–Crippen LogP) is 4.40. The molecule has 6 heteroatoms. The monoisotopic (exact) mass is 355 g/mol. The molecule has 0 saturated heterocycles. The number of hydrogen-bond acceptors (Lipinski definition) is 4. The van der Waals surface area contributed by atoms with Crippen LogP contribution in [0.25, 0.3) is 0 Å². The molecular formula is C20H18FNO4. The Hall–Kier alpha value is -3.12. The van der Waals surface area contributed by atoms with E-state index in [9.17, 15) is 9.18 Å². The van der Waals surface area contributed by atoms with E-state index in [4.69, 9.17) is 13.9 Å². The minimum Gasteiger partial charge on any atom is -0.489 e. The van der Waals surface area contributed by atoms with E-state index in [0.717, 1.165) is 5.56 Å². The maximum atomic E-state index is 13.2. The molecule has 26 heavy (non-hydrogen) atoms. The summed E-state index contributed by atoms with van der Waals surface area (Å²) in [5.41, 5.74) is 1.45. The molecule has 0 fully saturated rings. The molecule has 0 aliphatic rings. The summed E-state index contributed by atoms with van der Waals surface area (Å²) in [4.78, 5) is 12.2. The molecule has 0 unspecified atom stereocenters. The van der Waals surface area contributed by atoms with Crippen LogP contribution >= 0.6 is 0 Å². The van der Waals surface area contributed by atoms with Crippen LogP contribution in [0.1, 0.15) is 21.9 Å². The van der Waals surface area contributed by atoms with E-state index in [-0.39, 0.29) is 24.1 Å². The van der Waals surface area contributed by atoms with Crippen LogP contribution in [0.2, 0.25) is 0 Å². The van der Waals surface area contributed by atoms with Crippen molar-refractivity contribution in [1.82, 2.24) is 0 Å². The first-order valence-corrected chi connectivity index (χ1v) is 8.00. The molecule has 0 spiro atoms. The summed E-state index contributed by atoms with van der Waals surface area (Å²) in [6, 6.07) is 16.5. The van der Waals surface area contributed by atoms with Crippen molar-refractivity contribution in [3.8, 4) is 5.75 Å². The minimum atomic E-state index is -0.352. The van der Waals surface area contributed by atoms with E-state index in [0.29, 0.717) is 23.8 Å². The summed E-state index contributed by atoms with van der Waals surface area (Å²) in [6.07, 6.45) is 0. The highest BCUT2D eigenvalue weighted by molar-refractivity contribution is 6.02. The summed E-state index contributed by atoms with van der Waals surface area (Å²) in [6.45, 7) is 0.562. The fraction of sp³-hybridized carbons (Fsp3) is 0.150. The van der Waals surface area contributed by atoms with Crippen molar-refractivity contribution in [2.45, 2.75) is 13.2 Å². The van der Waals surface area contributed by atoms with E-state index < -0.39 is 0 Å². The molecule has 3 aromatic rings. The van der Waals surface area contributed by atoms with Crippen LogP contribution in [0.3, 0.4) is 0 Å². The summed E-state index contributed by atoms with van der Waals surface area (Å²) in [5, 5.41) is 2.77. The van der Waals surface area contributed by atoms with Gasteiger partial charge in [0.15, 0.2) is 5.76 Å². The third kappa shape index (κ3) is 4.70. The van der Waals surface area contributed by atoms with Crippen LogP contribution in [0.5, 0.6) is 5.75 Å². The number of carbonyl (C=O) groups is 1. The summed E-state index contributed by atoms with van der Waals surface area (Å²) < 4.78 is 29.1. The molecule has 134 valence electrons. The maximum absolute atomic E-state index is 13.2. The highest BCUT2D eigenvalue weighted by atomic mass is 19.1. The first kappa shape index (κ1) is 17.7. The lowest BCUT2D eigenvalue weighted by molar-refractivity contribution is 0.0987. The van der Waals surface area contributed by atoms with Gasteiger partial charge in [-0.3, -0.25) is 4.79 Å². The van der Waals surface area contributed by atoms with Crippen molar-refractivity contribution in [2.75, 3.05) is 12.4 Å². The number of benzene rings is 2. The number of carbonyl (C=O) groups excluding carboxylic acids is 1. The van der Waals surface area contributed by atoms with Crippen LogP contribution < -0.4 is 10.1 Å². The van der Waals surface area contributed by atoms with Gasteiger partial charge in [0.2, 0.25) is 0 Å². The number of methoxy groups -OCH3 is 1. The molecule has 1 aromatic heterocycles. The van der Waals surface area contributed by atoms with Gasteiger partial charge >= 0.3 is 0 Å². The van der Waals surface area contributed by atoms with Crippen molar-refractivity contribution < 1.29 is 23.1 Å². The van der Waals surface area contributed by atoms with Crippen LogP contribution in [0.15, 0.2) is 65.1 Å². The first-order valence-electron chi connectivity index (χ1n) is 8.00. The largest absolute Gasteiger partial charge is 0.489 e. The second kappa shape index (κ2) is 8.31. The third-order valence-electron chi connectivity index (χ3n) is 3.56. The number of hydrogen-bond donors (Lipinski definition) is 1. The molecule has 1 N–H and O–H groups in total. The Morgan fingerprint density at radius 2 is 1.92 bits per heavy atom. The molecule has 0 bridgehead atoms. The second-order valence-corrected chi connectivity index (χ2v) is 5.60. The molecule has 0 aliphatic heterocycles. The Morgan fingerprint density at radius 3 is 2.73 bits per heavy atom. The highest BCUT2D eigenvalue weighted by Gasteiger charge is 2.11. The minimum absolute atomic E-state index is 0.207. The number of anilines is 1. The average molecular weight is 355 g/mol. The first-order chi connectivity index (χ1) is 12.6. The zero-order valence-corrected chi connectivity index (χ0v) is 14.2. The smallest absolute Gasteiger partial charge is 0.291 e. The molecule has 0 aliphatic carbocycles. The van der Waals surface area contributed by atoms with Crippen LogP contribution in [0.4, 0.5) is 10.1 Å². The zero-order valence-electron chi connectivity index (χ0n) is 14.2. The Morgan fingerprint density at radius 1 is 1.08 bits per heavy atom. The third-order valence-corrected chi connectivity index (χ3v) is 3.56. The number of rotatable bonds is 7. The fourth-order valence-electron chi connectivity index (χ4n) is 2.37. The fourth-order valence-corrected chi connectivity index (χ4v) is 2.37. The molecule has 1 heterocycles. The van der Waals surface area contributed by atoms with Crippen LogP contribution in [0, 0.1) is 5.82 Å². The summed E-state index contributed by atoms with van der Waals surface area (Å²) in [7, 11) is 1.56. The van der Waals surface area contributed by atoms with E-state index >= 15 is 0 Å². The quantitative estimate of drug-likeness (QED) is 0.682.